The summed E-state index contributed by atoms with van der Waals surface area (Å²) in [5, 5.41) is 13.3. The molecular formula is C17H26N2O. The fourth-order valence-electron chi connectivity index (χ4n) is 3.26. The molecule has 1 aliphatic heterocycles. The lowest BCUT2D eigenvalue weighted by Crippen LogP contribution is -2.36. The van der Waals surface area contributed by atoms with Gasteiger partial charge in [-0.25, -0.2) is 0 Å². The molecule has 0 aromatic heterocycles. The Morgan fingerprint density at radius 1 is 1.30 bits per heavy atom. The third kappa shape index (κ3) is 2.84. The highest BCUT2D eigenvalue weighted by Crippen LogP contribution is 2.32. The first kappa shape index (κ1) is 13.9. The SMILES string of the molecule is Cc1ccc(N2CCC(C)C2CO)c(CNC2CC2)c1. The molecule has 110 valence electrons. The van der Waals surface area contributed by atoms with E-state index in [1.807, 2.05) is 0 Å². The van der Waals surface area contributed by atoms with Crippen LogP contribution in [-0.4, -0.2) is 30.3 Å². The van der Waals surface area contributed by atoms with Crippen LogP contribution in [0.2, 0.25) is 0 Å². The molecule has 1 heterocycles. The first-order valence-corrected chi connectivity index (χ1v) is 7.89. The molecule has 1 saturated heterocycles. The first-order chi connectivity index (χ1) is 9.69. The summed E-state index contributed by atoms with van der Waals surface area (Å²) < 4.78 is 0. The van der Waals surface area contributed by atoms with Crippen molar-refractivity contribution in [3.8, 4) is 0 Å². The highest BCUT2D eigenvalue weighted by atomic mass is 16.3. The van der Waals surface area contributed by atoms with Crippen molar-refractivity contribution < 1.29 is 5.11 Å². The zero-order valence-corrected chi connectivity index (χ0v) is 12.6. The molecular weight excluding hydrogens is 248 g/mol. The van der Waals surface area contributed by atoms with Crippen LogP contribution in [0.5, 0.6) is 0 Å². The van der Waals surface area contributed by atoms with Crippen molar-refractivity contribution in [2.45, 2.75) is 51.7 Å². The summed E-state index contributed by atoms with van der Waals surface area (Å²) in [7, 11) is 0. The van der Waals surface area contributed by atoms with Crippen molar-refractivity contribution >= 4 is 5.69 Å². The number of anilines is 1. The molecule has 3 rings (SSSR count). The molecule has 20 heavy (non-hydrogen) atoms. The zero-order valence-electron chi connectivity index (χ0n) is 12.6. The maximum Gasteiger partial charge on any atom is 0.0637 e. The van der Waals surface area contributed by atoms with Gasteiger partial charge in [0, 0.05) is 24.8 Å². The third-order valence-electron chi connectivity index (χ3n) is 4.77. The Hall–Kier alpha value is -1.06. The van der Waals surface area contributed by atoms with Gasteiger partial charge >= 0.3 is 0 Å². The van der Waals surface area contributed by atoms with Crippen molar-refractivity contribution in [1.82, 2.24) is 5.32 Å². The van der Waals surface area contributed by atoms with Crippen LogP contribution in [0.3, 0.4) is 0 Å². The van der Waals surface area contributed by atoms with Crippen LogP contribution in [0.4, 0.5) is 5.69 Å². The van der Waals surface area contributed by atoms with Gasteiger partial charge in [-0.2, -0.15) is 0 Å². The Morgan fingerprint density at radius 2 is 2.10 bits per heavy atom. The Labute approximate surface area is 122 Å². The van der Waals surface area contributed by atoms with Gasteiger partial charge < -0.3 is 15.3 Å². The molecule has 2 atom stereocenters. The molecule has 0 amide bonds. The van der Waals surface area contributed by atoms with Crippen molar-refractivity contribution in [2.75, 3.05) is 18.1 Å². The largest absolute Gasteiger partial charge is 0.394 e. The topological polar surface area (TPSA) is 35.5 Å². The molecule has 0 radical (unpaired) electrons. The number of aryl methyl sites for hydroxylation is 1. The number of benzene rings is 1. The predicted molar refractivity (Wildman–Crippen MR) is 83.0 cm³/mol. The fraction of sp³-hybridized carbons (Fsp3) is 0.647. The summed E-state index contributed by atoms with van der Waals surface area (Å²) in [5.41, 5.74) is 4.01. The fourth-order valence-corrected chi connectivity index (χ4v) is 3.26. The van der Waals surface area contributed by atoms with E-state index < -0.39 is 0 Å². The van der Waals surface area contributed by atoms with Crippen LogP contribution in [0.1, 0.15) is 37.3 Å². The van der Waals surface area contributed by atoms with Gasteiger partial charge in [-0.05, 0) is 43.7 Å². The Balaban J connectivity index is 1.83. The lowest BCUT2D eigenvalue weighted by Gasteiger charge is -2.29. The van der Waals surface area contributed by atoms with Gasteiger partial charge in [0.05, 0.1) is 12.6 Å². The summed E-state index contributed by atoms with van der Waals surface area (Å²) in [6, 6.07) is 7.72. The Bertz CT molecular complexity index is 470. The van der Waals surface area contributed by atoms with E-state index in [1.54, 1.807) is 0 Å². The predicted octanol–water partition coefficient (Wildman–Crippen LogP) is 2.45. The highest BCUT2D eigenvalue weighted by Gasteiger charge is 2.32. The molecule has 1 aromatic carbocycles. The number of hydrogen-bond acceptors (Lipinski definition) is 3. The van der Waals surface area contributed by atoms with Crippen molar-refractivity contribution in [1.29, 1.82) is 0 Å². The van der Waals surface area contributed by atoms with E-state index >= 15 is 0 Å². The number of aliphatic hydroxyl groups is 1. The van der Waals surface area contributed by atoms with E-state index in [1.165, 1.54) is 36.1 Å². The number of rotatable bonds is 5. The summed E-state index contributed by atoms with van der Waals surface area (Å²) >= 11 is 0. The van der Waals surface area contributed by atoms with E-state index in [9.17, 15) is 5.11 Å². The van der Waals surface area contributed by atoms with Crippen molar-refractivity contribution in [2.24, 2.45) is 5.92 Å². The van der Waals surface area contributed by atoms with E-state index in [0.717, 1.165) is 19.1 Å². The van der Waals surface area contributed by atoms with Gasteiger partial charge in [-0.3, -0.25) is 0 Å². The summed E-state index contributed by atoms with van der Waals surface area (Å²) in [5.74, 6) is 0.575. The molecule has 0 spiro atoms. The minimum atomic E-state index is 0.255. The van der Waals surface area contributed by atoms with Gasteiger partial charge in [-0.15, -0.1) is 0 Å². The maximum atomic E-state index is 9.68. The highest BCUT2D eigenvalue weighted by molar-refractivity contribution is 5.56. The second-order valence-corrected chi connectivity index (χ2v) is 6.50. The molecule has 2 N–H and O–H groups in total. The number of hydrogen-bond donors (Lipinski definition) is 2. The molecule has 1 aliphatic carbocycles. The van der Waals surface area contributed by atoms with E-state index in [-0.39, 0.29) is 12.6 Å². The minimum Gasteiger partial charge on any atom is -0.394 e. The average Bonchev–Trinajstić information content (AvgIpc) is 3.19. The van der Waals surface area contributed by atoms with Gasteiger partial charge in [0.1, 0.15) is 0 Å². The van der Waals surface area contributed by atoms with Gasteiger partial charge in [0.25, 0.3) is 0 Å². The molecule has 3 heteroatoms. The van der Waals surface area contributed by atoms with E-state index in [0.29, 0.717) is 5.92 Å². The molecule has 1 aromatic rings. The van der Waals surface area contributed by atoms with Crippen LogP contribution in [0.25, 0.3) is 0 Å². The summed E-state index contributed by atoms with van der Waals surface area (Å²) in [6.45, 7) is 6.67. The Morgan fingerprint density at radius 3 is 2.80 bits per heavy atom. The standard InChI is InChI=1S/C17H26N2O/c1-12-3-6-16(14(9-12)10-18-15-4-5-15)19-8-7-13(2)17(19)11-20/h3,6,9,13,15,17-18,20H,4-5,7-8,10-11H2,1-2H3. The van der Waals surface area contributed by atoms with Crippen LogP contribution >= 0.6 is 0 Å². The van der Waals surface area contributed by atoms with Gasteiger partial charge in [0.15, 0.2) is 0 Å². The van der Waals surface area contributed by atoms with Crippen molar-refractivity contribution in [3.05, 3.63) is 29.3 Å². The van der Waals surface area contributed by atoms with Crippen LogP contribution in [0, 0.1) is 12.8 Å². The quantitative estimate of drug-likeness (QED) is 0.866. The second-order valence-electron chi connectivity index (χ2n) is 6.50. The molecule has 0 bridgehead atoms. The van der Waals surface area contributed by atoms with Crippen LogP contribution < -0.4 is 10.2 Å². The van der Waals surface area contributed by atoms with Crippen LogP contribution in [-0.2, 0) is 6.54 Å². The van der Waals surface area contributed by atoms with Crippen LogP contribution in [0.15, 0.2) is 18.2 Å². The van der Waals surface area contributed by atoms with Gasteiger partial charge in [0.2, 0.25) is 0 Å². The molecule has 2 unspecified atom stereocenters. The monoisotopic (exact) mass is 274 g/mol. The average molecular weight is 274 g/mol. The molecule has 1 saturated carbocycles. The third-order valence-corrected chi connectivity index (χ3v) is 4.77. The Kier molecular flexibility index (Phi) is 3.99. The van der Waals surface area contributed by atoms with E-state index in [4.69, 9.17) is 0 Å². The zero-order chi connectivity index (χ0) is 14.1. The molecule has 2 fully saturated rings. The molecule has 2 aliphatic rings. The number of nitrogens with one attached hydrogen (secondary N) is 1. The molecule has 3 nitrogen and oxygen atoms in total. The summed E-state index contributed by atoms with van der Waals surface area (Å²) in [4.78, 5) is 2.41. The van der Waals surface area contributed by atoms with Gasteiger partial charge in [-0.1, -0.05) is 24.6 Å². The number of nitrogens with zero attached hydrogens (tertiary/aromatic N) is 1. The lowest BCUT2D eigenvalue weighted by atomic mass is 10.0. The minimum absolute atomic E-state index is 0.255. The van der Waals surface area contributed by atoms with E-state index in [2.05, 4.69) is 42.3 Å². The first-order valence-electron chi connectivity index (χ1n) is 7.89. The summed E-state index contributed by atoms with van der Waals surface area (Å²) in [6.07, 6.45) is 3.82. The second kappa shape index (κ2) is 5.74. The maximum absolute atomic E-state index is 9.68. The lowest BCUT2D eigenvalue weighted by molar-refractivity contribution is 0.244. The number of aliphatic hydroxyl groups excluding tert-OH is 1. The smallest absolute Gasteiger partial charge is 0.0637 e. The normalized spacial score (nSPS) is 26.2. The van der Waals surface area contributed by atoms with Crippen molar-refractivity contribution in [3.63, 3.8) is 0 Å².